The Morgan fingerprint density at radius 2 is 1.96 bits per heavy atom. The first-order chi connectivity index (χ1) is 12.9. The van der Waals surface area contributed by atoms with Gasteiger partial charge in [-0.15, -0.1) is 0 Å². The van der Waals surface area contributed by atoms with Crippen LogP contribution in [0.3, 0.4) is 0 Å². The highest BCUT2D eigenvalue weighted by molar-refractivity contribution is 6.41. The van der Waals surface area contributed by atoms with E-state index < -0.39 is 6.10 Å². The molecular weight excluding hydrogens is 334 g/mol. The molecule has 0 spiro atoms. The van der Waals surface area contributed by atoms with Gasteiger partial charge in [-0.1, -0.05) is 47.2 Å². The highest BCUT2D eigenvalue weighted by Crippen LogP contribution is 2.37. The first-order valence-corrected chi connectivity index (χ1v) is 10.0. The fourth-order valence-corrected chi connectivity index (χ4v) is 4.65. The predicted octanol–water partition coefficient (Wildman–Crippen LogP) is 1.13. The standard InChI is InChI=1S/C22H28B2O3/c1-13-2-4-15(21-10-18(26)9-19(12-25)27-21)8-16(13)6-14-3-5-20-17(7-14)11-22(20,23)24/h2-5,7-8,18-19,21,25-26H,6,9-12,23-24H2,1H3. The van der Waals surface area contributed by atoms with Gasteiger partial charge in [0.05, 0.1) is 24.9 Å². The molecule has 3 unspecified atom stereocenters. The highest BCUT2D eigenvalue weighted by atomic mass is 16.5. The van der Waals surface area contributed by atoms with Crippen molar-refractivity contribution in [3.63, 3.8) is 0 Å². The summed E-state index contributed by atoms with van der Waals surface area (Å²) in [6.45, 7) is 2.11. The summed E-state index contributed by atoms with van der Waals surface area (Å²) in [7, 11) is 4.61. The van der Waals surface area contributed by atoms with E-state index in [0.29, 0.717) is 18.1 Å². The number of hydrogen-bond acceptors (Lipinski definition) is 3. The molecule has 4 rings (SSSR count). The van der Waals surface area contributed by atoms with Crippen molar-refractivity contribution in [2.45, 2.75) is 56.1 Å². The number of aryl methyl sites for hydroxylation is 1. The van der Waals surface area contributed by atoms with Crippen LogP contribution in [0.5, 0.6) is 0 Å². The molecule has 5 heteroatoms. The lowest BCUT2D eigenvalue weighted by atomic mass is 9.42. The zero-order valence-electron chi connectivity index (χ0n) is 16.5. The molecule has 0 aromatic heterocycles. The Morgan fingerprint density at radius 1 is 1.15 bits per heavy atom. The summed E-state index contributed by atoms with van der Waals surface area (Å²) in [5, 5.41) is 19.9. The Labute approximate surface area is 163 Å². The minimum Gasteiger partial charge on any atom is -0.394 e. The van der Waals surface area contributed by atoms with Crippen LogP contribution in [-0.2, 0) is 22.8 Å². The van der Waals surface area contributed by atoms with Crippen LogP contribution in [0.4, 0.5) is 0 Å². The van der Waals surface area contributed by atoms with E-state index >= 15 is 0 Å². The Bertz CT molecular complexity index is 849. The Kier molecular flexibility index (Phi) is 4.96. The van der Waals surface area contributed by atoms with Gasteiger partial charge in [-0.05, 0) is 47.6 Å². The van der Waals surface area contributed by atoms with E-state index in [1.807, 2.05) is 0 Å². The molecule has 1 fully saturated rings. The van der Waals surface area contributed by atoms with Crippen LogP contribution >= 0.6 is 0 Å². The molecule has 2 aromatic carbocycles. The summed E-state index contributed by atoms with van der Waals surface area (Å²) in [5.74, 6) is 0. The quantitative estimate of drug-likeness (QED) is 0.803. The minimum absolute atomic E-state index is 0.0439. The average molecular weight is 362 g/mol. The fraction of sp³-hybridized carbons (Fsp3) is 0.455. The predicted molar refractivity (Wildman–Crippen MR) is 113 cm³/mol. The second kappa shape index (κ2) is 7.12. The molecule has 2 N–H and O–H groups in total. The minimum atomic E-state index is -0.415. The maximum absolute atomic E-state index is 10.1. The number of aliphatic hydroxyl groups excluding tert-OH is 2. The molecule has 0 amide bonds. The Hall–Kier alpha value is -1.55. The lowest BCUT2D eigenvalue weighted by Crippen LogP contribution is -2.39. The number of hydrogen-bond donors (Lipinski definition) is 2. The summed E-state index contributed by atoms with van der Waals surface area (Å²) >= 11 is 0. The largest absolute Gasteiger partial charge is 0.394 e. The molecule has 2 aromatic rings. The van der Waals surface area contributed by atoms with Gasteiger partial charge in [-0.25, -0.2) is 0 Å². The number of ether oxygens (including phenoxy) is 1. The molecule has 0 saturated carbocycles. The second-order valence-corrected chi connectivity index (χ2v) is 8.97. The van der Waals surface area contributed by atoms with Gasteiger partial charge in [0, 0.05) is 12.8 Å². The summed E-state index contributed by atoms with van der Waals surface area (Å²) in [6, 6.07) is 13.4. The first-order valence-electron chi connectivity index (χ1n) is 10.0. The molecule has 1 aliphatic heterocycles. The van der Waals surface area contributed by atoms with Gasteiger partial charge in [-0.2, -0.15) is 0 Å². The Balaban J connectivity index is 1.55. The van der Waals surface area contributed by atoms with Crippen LogP contribution in [0.1, 0.15) is 52.3 Å². The Morgan fingerprint density at radius 3 is 2.67 bits per heavy atom. The third-order valence-electron chi connectivity index (χ3n) is 6.25. The van der Waals surface area contributed by atoms with Crippen LogP contribution in [0.15, 0.2) is 36.4 Å². The molecule has 0 bridgehead atoms. The summed E-state index contributed by atoms with van der Waals surface area (Å²) in [6.07, 6.45) is 2.33. The monoisotopic (exact) mass is 362 g/mol. The van der Waals surface area contributed by atoms with E-state index in [1.54, 1.807) is 0 Å². The molecule has 1 aliphatic carbocycles. The van der Waals surface area contributed by atoms with Crippen molar-refractivity contribution in [2.75, 3.05) is 6.61 Å². The average Bonchev–Trinajstić information content (AvgIpc) is 2.62. The van der Waals surface area contributed by atoms with Crippen molar-refractivity contribution in [1.82, 2.24) is 0 Å². The van der Waals surface area contributed by atoms with Gasteiger partial charge in [0.15, 0.2) is 0 Å². The van der Waals surface area contributed by atoms with Gasteiger partial charge in [0.2, 0.25) is 0 Å². The molecular formula is C22H28B2O3. The SMILES string of the molecule is BC1(B)Cc2cc(Cc3cc(C4CC(O)CC(CO)O4)ccc3C)ccc21. The molecule has 1 saturated heterocycles. The van der Waals surface area contributed by atoms with E-state index in [9.17, 15) is 10.2 Å². The molecule has 27 heavy (non-hydrogen) atoms. The number of benzene rings is 2. The van der Waals surface area contributed by atoms with E-state index in [-0.39, 0.29) is 18.8 Å². The van der Waals surface area contributed by atoms with Crippen molar-refractivity contribution in [2.24, 2.45) is 0 Å². The van der Waals surface area contributed by atoms with Crippen LogP contribution in [0.25, 0.3) is 0 Å². The molecule has 0 radical (unpaired) electrons. The van der Waals surface area contributed by atoms with Crippen LogP contribution < -0.4 is 0 Å². The van der Waals surface area contributed by atoms with Crippen LogP contribution in [0, 0.1) is 6.92 Å². The van der Waals surface area contributed by atoms with Crippen molar-refractivity contribution in [3.05, 3.63) is 69.8 Å². The zero-order chi connectivity index (χ0) is 19.2. The van der Waals surface area contributed by atoms with Crippen molar-refractivity contribution in [1.29, 1.82) is 0 Å². The van der Waals surface area contributed by atoms with Crippen molar-refractivity contribution >= 4 is 15.7 Å². The van der Waals surface area contributed by atoms with Gasteiger partial charge in [-0.3, -0.25) is 0 Å². The van der Waals surface area contributed by atoms with E-state index in [1.165, 1.54) is 27.8 Å². The molecule has 1 heterocycles. The van der Waals surface area contributed by atoms with Crippen LogP contribution in [-0.4, -0.2) is 44.7 Å². The van der Waals surface area contributed by atoms with Gasteiger partial charge < -0.3 is 14.9 Å². The maximum atomic E-state index is 10.1. The summed E-state index contributed by atoms with van der Waals surface area (Å²) in [5.41, 5.74) is 7.99. The van der Waals surface area contributed by atoms with Gasteiger partial charge >= 0.3 is 0 Å². The molecule has 2 aliphatic rings. The topological polar surface area (TPSA) is 49.7 Å². The second-order valence-electron chi connectivity index (χ2n) is 8.97. The normalized spacial score (nSPS) is 26.3. The zero-order valence-corrected chi connectivity index (χ0v) is 16.5. The number of fused-ring (bicyclic) bond motifs is 1. The number of rotatable bonds is 4. The fourth-order valence-electron chi connectivity index (χ4n) is 4.65. The third kappa shape index (κ3) is 3.73. The smallest absolute Gasteiger partial charge is 0.105 e. The van der Waals surface area contributed by atoms with Gasteiger partial charge in [0.1, 0.15) is 15.7 Å². The lowest BCUT2D eigenvalue weighted by Gasteiger charge is -2.38. The molecule has 140 valence electrons. The molecule has 3 atom stereocenters. The van der Waals surface area contributed by atoms with Crippen molar-refractivity contribution in [3.8, 4) is 0 Å². The summed E-state index contributed by atoms with van der Waals surface area (Å²) in [4.78, 5) is 0. The van der Waals surface area contributed by atoms with E-state index in [4.69, 9.17) is 4.74 Å². The van der Waals surface area contributed by atoms with E-state index in [2.05, 4.69) is 59.0 Å². The first kappa shape index (κ1) is 18.8. The summed E-state index contributed by atoms with van der Waals surface area (Å²) < 4.78 is 5.99. The lowest BCUT2D eigenvalue weighted by molar-refractivity contribution is -0.113. The van der Waals surface area contributed by atoms with Crippen molar-refractivity contribution < 1.29 is 14.9 Å². The van der Waals surface area contributed by atoms with Crippen LogP contribution in [0.2, 0.25) is 0 Å². The third-order valence-corrected chi connectivity index (χ3v) is 6.25. The number of aliphatic hydroxyl groups is 2. The molecule has 3 nitrogen and oxygen atoms in total. The maximum Gasteiger partial charge on any atom is 0.105 e. The van der Waals surface area contributed by atoms with Gasteiger partial charge in [0.25, 0.3) is 0 Å². The highest BCUT2D eigenvalue weighted by Gasteiger charge is 2.33. The van der Waals surface area contributed by atoms with E-state index in [0.717, 1.165) is 18.4 Å².